The third kappa shape index (κ3) is 2.10. The molecule has 110 valence electrons. The second-order valence-corrected chi connectivity index (χ2v) is 7.49. The van der Waals surface area contributed by atoms with Crippen LogP contribution in [0, 0.1) is 17.3 Å². The van der Waals surface area contributed by atoms with Crippen LogP contribution in [0.25, 0.3) is 0 Å². The predicted octanol–water partition coefficient (Wildman–Crippen LogP) is 2.92. The fraction of sp³-hybridized carbons (Fsp3) is 0.667. The molecule has 1 fully saturated rings. The Kier molecular flexibility index (Phi) is 3.42. The monoisotopic (exact) mass is 273 g/mol. The van der Waals surface area contributed by atoms with E-state index in [-0.39, 0.29) is 5.41 Å². The summed E-state index contributed by atoms with van der Waals surface area (Å²) in [5, 5.41) is 11.5. The van der Waals surface area contributed by atoms with E-state index in [2.05, 4.69) is 38.1 Å². The molecule has 2 aliphatic carbocycles. The molecule has 2 aliphatic rings. The van der Waals surface area contributed by atoms with E-state index in [9.17, 15) is 5.11 Å². The first-order chi connectivity index (χ1) is 9.48. The number of nitrogens with two attached hydrogens (primary N) is 1. The standard InChI is InChI=1S/C18H27NO/c1-13-7-14(2)9-18(20,8-13)17(12-19)10-15-5-3-4-6-16(15)11-17/h3-6,13-14,20H,7-12,19H2,1-2H3. The van der Waals surface area contributed by atoms with Crippen molar-refractivity contribution in [2.75, 3.05) is 6.54 Å². The van der Waals surface area contributed by atoms with Crippen LogP contribution in [0.4, 0.5) is 0 Å². The van der Waals surface area contributed by atoms with E-state index >= 15 is 0 Å². The SMILES string of the molecule is CC1CC(C)CC(O)(C2(CN)Cc3ccccc3C2)C1. The molecule has 1 aromatic carbocycles. The molecule has 0 radical (unpaired) electrons. The number of hydrogen-bond donors (Lipinski definition) is 2. The Bertz CT molecular complexity index is 461. The number of hydrogen-bond acceptors (Lipinski definition) is 2. The Morgan fingerprint density at radius 1 is 1.10 bits per heavy atom. The van der Waals surface area contributed by atoms with Gasteiger partial charge in [0.2, 0.25) is 0 Å². The zero-order valence-electron chi connectivity index (χ0n) is 12.7. The van der Waals surface area contributed by atoms with Gasteiger partial charge in [0.15, 0.2) is 0 Å². The van der Waals surface area contributed by atoms with Gasteiger partial charge in [-0.15, -0.1) is 0 Å². The van der Waals surface area contributed by atoms with E-state index in [4.69, 9.17) is 5.73 Å². The molecule has 2 heteroatoms. The van der Waals surface area contributed by atoms with Gasteiger partial charge in [-0.3, -0.25) is 0 Å². The van der Waals surface area contributed by atoms with E-state index in [1.807, 2.05) is 0 Å². The quantitative estimate of drug-likeness (QED) is 0.870. The first-order valence-corrected chi connectivity index (χ1v) is 7.97. The summed E-state index contributed by atoms with van der Waals surface area (Å²) in [6, 6.07) is 8.60. The highest BCUT2D eigenvalue weighted by molar-refractivity contribution is 5.36. The van der Waals surface area contributed by atoms with Gasteiger partial charge in [0.05, 0.1) is 5.60 Å². The fourth-order valence-electron chi connectivity index (χ4n) is 4.88. The summed E-state index contributed by atoms with van der Waals surface area (Å²) < 4.78 is 0. The fourth-order valence-corrected chi connectivity index (χ4v) is 4.88. The maximum atomic E-state index is 11.5. The van der Waals surface area contributed by atoms with Crippen LogP contribution in [0.2, 0.25) is 0 Å². The highest BCUT2D eigenvalue weighted by atomic mass is 16.3. The van der Waals surface area contributed by atoms with Crippen LogP contribution >= 0.6 is 0 Å². The number of aliphatic hydroxyl groups is 1. The van der Waals surface area contributed by atoms with Crippen LogP contribution in [0.15, 0.2) is 24.3 Å². The summed E-state index contributed by atoms with van der Waals surface area (Å²) in [7, 11) is 0. The van der Waals surface area contributed by atoms with Crippen molar-refractivity contribution in [1.29, 1.82) is 0 Å². The number of fused-ring (bicyclic) bond motifs is 1. The number of rotatable bonds is 2. The van der Waals surface area contributed by atoms with Gasteiger partial charge in [0, 0.05) is 12.0 Å². The summed E-state index contributed by atoms with van der Waals surface area (Å²) in [5.41, 5.74) is 8.22. The Labute approximate surface area is 122 Å². The molecule has 0 heterocycles. The third-order valence-electron chi connectivity index (χ3n) is 5.73. The molecule has 0 spiro atoms. The lowest BCUT2D eigenvalue weighted by Crippen LogP contribution is -2.56. The molecule has 2 unspecified atom stereocenters. The average Bonchev–Trinajstić information content (AvgIpc) is 2.77. The van der Waals surface area contributed by atoms with Gasteiger partial charge < -0.3 is 10.8 Å². The first kappa shape index (κ1) is 14.1. The van der Waals surface area contributed by atoms with Gasteiger partial charge in [-0.1, -0.05) is 38.1 Å². The molecule has 3 rings (SSSR count). The molecule has 2 nitrogen and oxygen atoms in total. The Balaban J connectivity index is 1.95. The molecular weight excluding hydrogens is 246 g/mol. The van der Waals surface area contributed by atoms with Crippen molar-refractivity contribution in [2.24, 2.45) is 23.0 Å². The second-order valence-electron chi connectivity index (χ2n) is 7.49. The van der Waals surface area contributed by atoms with Crippen LogP contribution in [0.3, 0.4) is 0 Å². The van der Waals surface area contributed by atoms with Crippen molar-refractivity contribution >= 4 is 0 Å². The normalized spacial score (nSPS) is 35.8. The zero-order valence-corrected chi connectivity index (χ0v) is 12.7. The zero-order chi connectivity index (χ0) is 14.4. The van der Waals surface area contributed by atoms with Gasteiger partial charge >= 0.3 is 0 Å². The van der Waals surface area contributed by atoms with Crippen molar-refractivity contribution in [1.82, 2.24) is 0 Å². The van der Waals surface area contributed by atoms with Crippen molar-refractivity contribution in [3.63, 3.8) is 0 Å². The first-order valence-electron chi connectivity index (χ1n) is 7.97. The summed E-state index contributed by atoms with van der Waals surface area (Å²) in [6.45, 7) is 5.12. The molecule has 0 aliphatic heterocycles. The average molecular weight is 273 g/mol. The van der Waals surface area contributed by atoms with Crippen LogP contribution in [-0.4, -0.2) is 17.3 Å². The molecule has 3 N–H and O–H groups in total. The van der Waals surface area contributed by atoms with Gasteiger partial charge in [-0.05, 0) is 55.1 Å². The highest BCUT2D eigenvalue weighted by Crippen LogP contribution is 2.52. The smallest absolute Gasteiger partial charge is 0.0727 e. The van der Waals surface area contributed by atoms with Crippen LogP contribution in [0.1, 0.15) is 44.2 Å². The van der Waals surface area contributed by atoms with Crippen LogP contribution < -0.4 is 5.73 Å². The minimum atomic E-state index is -0.599. The van der Waals surface area contributed by atoms with E-state index in [0.717, 1.165) is 25.7 Å². The lowest BCUT2D eigenvalue weighted by atomic mass is 9.59. The van der Waals surface area contributed by atoms with Crippen molar-refractivity contribution < 1.29 is 5.11 Å². The van der Waals surface area contributed by atoms with Gasteiger partial charge in [-0.2, -0.15) is 0 Å². The minimum absolute atomic E-state index is 0.153. The highest BCUT2D eigenvalue weighted by Gasteiger charge is 2.54. The van der Waals surface area contributed by atoms with E-state index in [1.165, 1.54) is 17.5 Å². The Morgan fingerprint density at radius 2 is 1.60 bits per heavy atom. The Hall–Kier alpha value is -0.860. The molecule has 20 heavy (non-hydrogen) atoms. The van der Waals surface area contributed by atoms with Crippen molar-refractivity contribution in [3.05, 3.63) is 35.4 Å². The lowest BCUT2D eigenvalue weighted by molar-refractivity contribution is -0.124. The summed E-state index contributed by atoms with van der Waals surface area (Å²) in [5.74, 6) is 1.19. The minimum Gasteiger partial charge on any atom is -0.389 e. The van der Waals surface area contributed by atoms with Crippen molar-refractivity contribution in [2.45, 2.75) is 51.6 Å². The predicted molar refractivity (Wildman–Crippen MR) is 82.5 cm³/mol. The largest absolute Gasteiger partial charge is 0.389 e. The lowest BCUT2D eigenvalue weighted by Gasteiger charge is -2.50. The molecule has 0 amide bonds. The summed E-state index contributed by atoms with van der Waals surface area (Å²) in [6.07, 6.45) is 4.92. The maximum Gasteiger partial charge on any atom is 0.0727 e. The van der Waals surface area contributed by atoms with Gasteiger partial charge in [0.25, 0.3) is 0 Å². The van der Waals surface area contributed by atoms with Crippen molar-refractivity contribution in [3.8, 4) is 0 Å². The molecule has 0 saturated heterocycles. The molecule has 1 saturated carbocycles. The van der Waals surface area contributed by atoms with Crippen LogP contribution in [-0.2, 0) is 12.8 Å². The van der Waals surface area contributed by atoms with E-state index < -0.39 is 5.60 Å². The molecule has 0 bridgehead atoms. The van der Waals surface area contributed by atoms with Gasteiger partial charge in [-0.25, -0.2) is 0 Å². The summed E-state index contributed by atoms with van der Waals surface area (Å²) >= 11 is 0. The summed E-state index contributed by atoms with van der Waals surface area (Å²) in [4.78, 5) is 0. The molecular formula is C18H27NO. The van der Waals surface area contributed by atoms with Gasteiger partial charge in [0.1, 0.15) is 0 Å². The molecule has 2 atom stereocenters. The molecule has 1 aromatic rings. The molecule has 0 aromatic heterocycles. The van der Waals surface area contributed by atoms with E-state index in [1.54, 1.807) is 0 Å². The van der Waals surface area contributed by atoms with Crippen LogP contribution in [0.5, 0.6) is 0 Å². The Morgan fingerprint density at radius 3 is 2.05 bits per heavy atom. The maximum absolute atomic E-state index is 11.5. The topological polar surface area (TPSA) is 46.2 Å². The van der Waals surface area contributed by atoms with E-state index in [0.29, 0.717) is 18.4 Å². The third-order valence-corrected chi connectivity index (χ3v) is 5.73. The second kappa shape index (κ2) is 4.85. The number of benzene rings is 1.